The second-order valence-electron chi connectivity index (χ2n) is 9.28. The van der Waals surface area contributed by atoms with Crippen LogP contribution >= 0.6 is 24.0 Å². The molecular weight excluding hydrogens is 489 g/mol. The third-order valence-electron chi connectivity index (χ3n) is 7.03. The zero-order chi connectivity index (χ0) is 20.5. The number of carbonyl (C=O) groups excluding carboxylic acids is 1. The van der Waals surface area contributed by atoms with Crippen LogP contribution in [0.1, 0.15) is 77.6 Å². The molecule has 1 saturated heterocycles. The summed E-state index contributed by atoms with van der Waals surface area (Å²) < 4.78 is 0. The first-order valence-corrected chi connectivity index (χ1v) is 12.2. The van der Waals surface area contributed by atoms with Crippen LogP contribution in [0.3, 0.4) is 0 Å². The van der Waals surface area contributed by atoms with Crippen molar-refractivity contribution in [3.05, 3.63) is 0 Å². The summed E-state index contributed by atoms with van der Waals surface area (Å²) in [6, 6.07) is 1.10. The number of aliphatic imine (C=N–C) groups is 1. The largest absolute Gasteiger partial charge is 0.357 e. The van der Waals surface area contributed by atoms with Crippen molar-refractivity contribution in [3.63, 3.8) is 0 Å². The minimum absolute atomic E-state index is 0. The highest BCUT2D eigenvalue weighted by Crippen LogP contribution is 2.27. The Morgan fingerprint density at radius 3 is 2.47 bits per heavy atom. The Kier molecular flexibility index (Phi) is 11.8. The Hall–Kier alpha value is -0.570. The van der Waals surface area contributed by atoms with E-state index in [-0.39, 0.29) is 29.9 Å². The van der Waals surface area contributed by atoms with Gasteiger partial charge in [-0.15, -0.1) is 24.0 Å². The number of amides is 1. The van der Waals surface area contributed by atoms with E-state index in [2.05, 4.69) is 34.4 Å². The van der Waals surface area contributed by atoms with E-state index in [1.165, 1.54) is 44.9 Å². The van der Waals surface area contributed by atoms with Crippen LogP contribution in [0.4, 0.5) is 0 Å². The molecule has 0 aromatic rings. The molecule has 3 fully saturated rings. The minimum Gasteiger partial charge on any atom is -0.357 e. The number of rotatable bonds is 8. The Morgan fingerprint density at radius 2 is 1.77 bits per heavy atom. The lowest BCUT2D eigenvalue weighted by molar-refractivity contribution is -0.134. The maximum absolute atomic E-state index is 12.7. The molecule has 2 saturated carbocycles. The molecule has 0 aromatic carbocycles. The summed E-state index contributed by atoms with van der Waals surface area (Å²) in [5.74, 6) is 1.59. The summed E-state index contributed by atoms with van der Waals surface area (Å²) in [7, 11) is 2.28. The SMILES string of the molecule is CCNC(=NCCCN(C)C1CCCCC1)NC1CCN(C(=O)C2CCCC2)C1.I. The van der Waals surface area contributed by atoms with Gasteiger partial charge in [0, 0.05) is 44.2 Å². The molecule has 3 rings (SSSR count). The molecule has 1 heterocycles. The molecule has 2 N–H and O–H groups in total. The molecule has 1 unspecified atom stereocenters. The summed E-state index contributed by atoms with van der Waals surface area (Å²) in [5.41, 5.74) is 0. The van der Waals surface area contributed by atoms with Gasteiger partial charge in [-0.2, -0.15) is 0 Å². The molecule has 0 spiro atoms. The van der Waals surface area contributed by atoms with Crippen LogP contribution in [0, 0.1) is 5.92 Å². The molecule has 3 aliphatic rings. The van der Waals surface area contributed by atoms with Crippen LogP contribution in [-0.2, 0) is 4.79 Å². The first-order valence-electron chi connectivity index (χ1n) is 12.2. The quantitative estimate of drug-likeness (QED) is 0.217. The van der Waals surface area contributed by atoms with Crippen molar-refractivity contribution in [2.45, 2.75) is 89.6 Å². The molecule has 2 aliphatic carbocycles. The second kappa shape index (κ2) is 13.8. The normalized spacial score (nSPS) is 23.6. The van der Waals surface area contributed by atoms with Gasteiger partial charge in [-0.1, -0.05) is 32.1 Å². The summed E-state index contributed by atoms with van der Waals surface area (Å²) >= 11 is 0. The molecule has 0 aromatic heterocycles. The standard InChI is InChI=1S/C23H43N5O.HI/c1-3-24-23(25-15-9-16-27(2)21-12-5-4-6-13-21)26-20-14-17-28(18-20)22(29)19-10-7-8-11-19;/h19-21H,3-18H2,1-2H3,(H2,24,25,26);1H. The third kappa shape index (κ3) is 7.84. The summed E-state index contributed by atoms with van der Waals surface area (Å²) in [6.07, 6.45) is 13.7. The fourth-order valence-electron chi connectivity index (χ4n) is 5.24. The molecule has 174 valence electrons. The maximum atomic E-state index is 12.7. The van der Waals surface area contributed by atoms with Crippen molar-refractivity contribution in [2.24, 2.45) is 10.9 Å². The van der Waals surface area contributed by atoms with E-state index in [1.54, 1.807) is 0 Å². The predicted octanol–water partition coefficient (Wildman–Crippen LogP) is 3.61. The Morgan fingerprint density at radius 1 is 1.07 bits per heavy atom. The van der Waals surface area contributed by atoms with Crippen LogP contribution < -0.4 is 10.6 Å². The van der Waals surface area contributed by atoms with Gasteiger partial charge in [-0.25, -0.2) is 0 Å². The van der Waals surface area contributed by atoms with E-state index in [9.17, 15) is 4.79 Å². The molecule has 1 aliphatic heterocycles. The van der Waals surface area contributed by atoms with E-state index in [0.29, 0.717) is 11.9 Å². The topological polar surface area (TPSA) is 60.0 Å². The van der Waals surface area contributed by atoms with Gasteiger partial charge in [0.1, 0.15) is 0 Å². The number of nitrogens with one attached hydrogen (secondary N) is 2. The van der Waals surface area contributed by atoms with Gasteiger partial charge in [-0.3, -0.25) is 9.79 Å². The van der Waals surface area contributed by atoms with Crippen LogP contribution in [0.5, 0.6) is 0 Å². The van der Waals surface area contributed by atoms with E-state index in [0.717, 1.165) is 70.4 Å². The van der Waals surface area contributed by atoms with E-state index < -0.39 is 0 Å². The second-order valence-corrected chi connectivity index (χ2v) is 9.28. The molecule has 7 heteroatoms. The average Bonchev–Trinajstić information content (AvgIpc) is 3.43. The van der Waals surface area contributed by atoms with Gasteiger partial charge >= 0.3 is 0 Å². The highest BCUT2D eigenvalue weighted by atomic mass is 127. The van der Waals surface area contributed by atoms with Gasteiger partial charge in [0.2, 0.25) is 5.91 Å². The van der Waals surface area contributed by atoms with Gasteiger partial charge < -0.3 is 20.4 Å². The van der Waals surface area contributed by atoms with Crippen molar-refractivity contribution >= 4 is 35.8 Å². The van der Waals surface area contributed by atoms with Gasteiger partial charge in [-0.05, 0) is 59.0 Å². The lowest BCUT2D eigenvalue weighted by Crippen LogP contribution is -2.45. The summed E-state index contributed by atoms with van der Waals surface area (Å²) in [5, 5.41) is 6.96. The lowest BCUT2D eigenvalue weighted by atomic mass is 9.94. The number of hydrogen-bond acceptors (Lipinski definition) is 3. The van der Waals surface area contributed by atoms with Crippen molar-refractivity contribution in [2.75, 3.05) is 39.8 Å². The molecule has 30 heavy (non-hydrogen) atoms. The molecule has 1 atom stereocenters. The maximum Gasteiger partial charge on any atom is 0.225 e. The molecule has 0 bridgehead atoms. The third-order valence-corrected chi connectivity index (χ3v) is 7.03. The summed E-state index contributed by atoms with van der Waals surface area (Å²) in [6.45, 7) is 6.66. The molecule has 0 radical (unpaired) electrons. The number of likely N-dealkylation sites (tertiary alicyclic amines) is 1. The van der Waals surface area contributed by atoms with Crippen LogP contribution in [-0.4, -0.2) is 73.5 Å². The average molecular weight is 534 g/mol. The highest BCUT2D eigenvalue weighted by Gasteiger charge is 2.32. The number of halogens is 1. The van der Waals surface area contributed by atoms with Gasteiger partial charge in [0.15, 0.2) is 5.96 Å². The zero-order valence-corrected chi connectivity index (χ0v) is 21.5. The Labute approximate surface area is 201 Å². The first-order chi connectivity index (χ1) is 14.2. The minimum atomic E-state index is 0. The highest BCUT2D eigenvalue weighted by molar-refractivity contribution is 14.0. The molecular formula is C23H44IN5O. The van der Waals surface area contributed by atoms with E-state index >= 15 is 0 Å². The van der Waals surface area contributed by atoms with E-state index in [1.807, 2.05) is 0 Å². The Balaban J connectivity index is 0.00000320. The molecule has 6 nitrogen and oxygen atoms in total. The van der Waals surface area contributed by atoms with E-state index in [4.69, 9.17) is 4.99 Å². The van der Waals surface area contributed by atoms with Crippen molar-refractivity contribution in [1.29, 1.82) is 0 Å². The van der Waals surface area contributed by atoms with Crippen molar-refractivity contribution in [1.82, 2.24) is 20.4 Å². The van der Waals surface area contributed by atoms with Crippen molar-refractivity contribution < 1.29 is 4.79 Å². The number of nitrogens with zero attached hydrogens (tertiary/aromatic N) is 3. The first kappa shape index (κ1) is 25.7. The smallest absolute Gasteiger partial charge is 0.225 e. The fraction of sp³-hybridized carbons (Fsp3) is 0.913. The number of hydrogen-bond donors (Lipinski definition) is 2. The van der Waals surface area contributed by atoms with Crippen LogP contribution in [0.25, 0.3) is 0 Å². The Bertz CT molecular complexity index is 532. The number of carbonyl (C=O) groups is 1. The van der Waals surface area contributed by atoms with Crippen LogP contribution in [0.15, 0.2) is 4.99 Å². The predicted molar refractivity (Wildman–Crippen MR) is 136 cm³/mol. The summed E-state index contributed by atoms with van der Waals surface area (Å²) in [4.78, 5) is 22.1. The zero-order valence-electron chi connectivity index (χ0n) is 19.2. The van der Waals surface area contributed by atoms with Gasteiger partial charge in [0.05, 0.1) is 0 Å². The van der Waals surface area contributed by atoms with Crippen molar-refractivity contribution in [3.8, 4) is 0 Å². The fourth-order valence-corrected chi connectivity index (χ4v) is 5.24. The lowest BCUT2D eigenvalue weighted by Gasteiger charge is -2.31. The monoisotopic (exact) mass is 533 g/mol. The van der Waals surface area contributed by atoms with Gasteiger partial charge in [0.25, 0.3) is 0 Å². The number of guanidine groups is 1. The van der Waals surface area contributed by atoms with Crippen LogP contribution in [0.2, 0.25) is 0 Å². The molecule has 1 amide bonds.